The van der Waals surface area contributed by atoms with E-state index in [1.807, 2.05) is 30.3 Å². The first kappa shape index (κ1) is 31.8. The number of benzene rings is 3. The van der Waals surface area contributed by atoms with Crippen LogP contribution in [-0.4, -0.2) is 50.0 Å². The van der Waals surface area contributed by atoms with Gasteiger partial charge in [0.25, 0.3) is 0 Å². The number of halogens is 3. The van der Waals surface area contributed by atoms with Crippen LogP contribution in [0.5, 0.6) is 0 Å². The zero-order valence-electron chi connectivity index (χ0n) is 23.3. The Morgan fingerprint density at radius 1 is 0.929 bits per heavy atom. The van der Waals surface area contributed by atoms with Gasteiger partial charge in [0.1, 0.15) is 18.4 Å². The smallest absolute Gasteiger partial charge is 0.244 e. The van der Waals surface area contributed by atoms with Gasteiger partial charge in [-0.15, -0.1) is 0 Å². The van der Waals surface area contributed by atoms with Crippen molar-refractivity contribution in [3.63, 3.8) is 0 Å². The van der Waals surface area contributed by atoms with Gasteiger partial charge in [0, 0.05) is 29.1 Å². The summed E-state index contributed by atoms with van der Waals surface area (Å²) >= 11 is 12.3. The molecule has 0 aromatic heterocycles. The van der Waals surface area contributed by atoms with E-state index in [2.05, 4.69) is 5.32 Å². The Kier molecular flexibility index (Phi) is 10.9. The standard InChI is InChI=1S/C31H34Cl2FN3O4S/c1-42(40,41)37(28-18-24(32)17-25(33)19-28)21-30(38)36(20-23-12-14-26(34)15-13-23)29(16-22-8-4-2-5-9-22)31(39)35-27-10-6-3-7-11-27/h2,4-5,8-9,12-15,17-19,27,29H,3,6-7,10-11,16,20-21H2,1H3,(H,35,39)/t29-/m0/s1. The molecule has 42 heavy (non-hydrogen) atoms. The van der Waals surface area contributed by atoms with Gasteiger partial charge in [0.2, 0.25) is 21.8 Å². The van der Waals surface area contributed by atoms with Gasteiger partial charge in [-0.1, -0.05) is 84.9 Å². The van der Waals surface area contributed by atoms with Crippen molar-refractivity contribution in [1.82, 2.24) is 10.2 Å². The van der Waals surface area contributed by atoms with Crippen LogP contribution in [-0.2, 0) is 32.6 Å². The number of nitrogens with one attached hydrogen (secondary N) is 1. The average molecular weight is 635 g/mol. The molecule has 1 N–H and O–H groups in total. The maximum atomic E-state index is 14.1. The van der Waals surface area contributed by atoms with Crippen LogP contribution < -0.4 is 9.62 Å². The van der Waals surface area contributed by atoms with Gasteiger partial charge in [0.05, 0.1) is 11.9 Å². The van der Waals surface area contributed by atoms with Crippen molar-refractivity contribution >= 4 is 50.7 Å². The van der Waals surface area contributed by atoms with E-state index in [1.165, 1.54) is 35.2 Å². The van der Waals surface area contributed by atoms with Crippen LogP contribution in [0.25, 0.3) is 0 Å². The lowest BCUT2D eigenvalue weighted by atomic mass is 9.94. The predicted molar refractivity (Wildman–Crippen MR) is 165 cm³/mol. The van der Waals surface area contributed by atoms with Crippen LogP contribution in [0.4, 0.5) is 10.1 Å². The molecule has 0 saturated heterocycles. The minimum atomic E-state index is -3.97. The van der Waals surface area contributed by atoms with Crippen LogP contribution in [0.1, 0.15) is 43.2 Å². The highest BCUT2D eigenvalue weighted by Gasteiger charge is 2.34. The molecule has 1 atom stereocenters. The quantitative estimate of drug-likeness (QED) is 0.281. The first-order valence-electron chi connectivity index (χ1n) is 13.8. The zero-order valence-corrected chi connectivity index (χ0v) is 25.6. The topological polar surface area (TPSA) is 86.8 Å². The second kappa shape index (κ2) is 14.4. The molecular weight excluding hydrogens is 600 g/mol. The summed E-state index contributed by atoms with van der Waals surface area (Å²) in [6.45, 7) is -0.638. The molecule has 0 spiro atoms. The second-order valence-corrected chi connectivity index (χ2v) is 13.4. The summed E-state index contributed by atoms with van der Waals surface area (Å²) in [5.74, 6) is -1.37. The summed E-state index contributed by atoms with van der Waals surface area (Å²) < 4.78 is 40.5. The Bertz CT molecular complexity index is 1460. The number of hydrogen-bond acceptors (Lipinski definition) is 4. The van der Waals surface area contributed by atoms with E-state index < -0.39 is 34.3 Å². The number of carbonyl (C=O) groups excluding carboxylic acids is 2. The van der Waals surface area contributed by atoms with Crippen LogP contribution in [0.15, 0.2) is 72.8 Å². The molecule has 3 aromatic carbocycles. The minimum Gasteiger partial charge on any atom is -0.352 e. The van der Waals surface area contributed by atoms with Crippen molar-refractivity contribution < 1.29 is 22.4 Å². The van der Waals surface area contributed by atoms with Gasteiger partial charge in [-0.2, -0.15) is 0 Å². The molecule has 4 rings (SSSR count). The number of rotatable bonds is 11. The highest BCUT2D eigenvalue weighted by Crippen LogP contribution is 2.28. The molecule has 0 aliphatic heterocycles. The van der Waals surface area contributed by atoms with Crippen LogP contribution in [0.3, 0.4) is 0 Å². The Labute approximate surface area is 256 Å². The van der Waals surface area contributed by atoms with E-state index in [4.69, 9.17) is 23.2 Å². The first-order valence-corrected chi connectivity index (χ1v) is 16.4. The predicted octanol–water partition coefficient (Wildman–Crippen LogP) is 5.99. The fourth-order valence-corrected chi connectivity index (χ4v) is 6.53. The van der Waals surface area contributed by atoms with Gasteiger partial charge in [0.15, 0.2) is 0 Å². The Hall–Kier alpha value is -3.14. The SMILES string of the molecule is CS(=O)(=O)N(CC(=O)N(Cc1ccc(F)cc1)[C@@H](Cc1ccccc1)C(=O)NC1CCCCC1)c1cc(Cl)cc(Cl)c1. The van der Waals surface area contributed by atoms with Crippen LogP contribution in [0.2, 0.25) is 10.0 Å². The summed E-state index contributed by atoms with van der Waals surface area (Å²) in [6, 6.07) is 18.3. The molecule has 0 unspecified atom stereocenters. The molecule has 0 heterocycles. The van der Waals surface area contributed by atoms with Crippen molar-refractivity contribution in [2.75, 3.05) is 17.1 Å². The van der Waals surface area contributed by atoms with Crippen molar-refractivity contribution in [2.24, 2.45) is 0 Å². The molecule has 224 valence electrons. The third-order valence-electron chi connectivity index (χ3n) is 7.30. The molecule has 3 aromatic rings. The minimum absolute atomic E-state index is 0.00610. The van der Waals surface area contributed by atoms with Gasteiger partial charge >= 0.3 is 0 Å². The van der Waals surface area contributed by atoms with Crippen molar-refractivity contribution in [3.05, 3.63) is 99.8 Å². The van der Waals surface area contributed by atoms with Crippen molar-refractivity contribution in [3.8, 4) is 0 Å². The lowest BCUT2D eigenvalue weighted by molar-refractivity contribution is -0.140. The number of sulfonamides is 1. The molecule has 1 fully saturated rings. The zero-order chi connectivity index (χ0) is 30.3. The molecule has 1 saturated carbocycles. The molecular formula is C31H34Cl2FN3O4S. The summed E-state index contributed by atoms with van der Waals surface area (Å²) in [5, 5.41) is 3.55. The lowest BCUT2D eigenvalue weighted by Gasteiger charge is -2.35. The summed E-state index contributed by atoms with van der Waals surface area (Å²) in [7, 11) is -3.97. The highest BCUT2D eigenvalue weighted by atomic mass is 35.5. The molecule has 1 aliphatic carbocycles. The fourth-order valence-electron chi connectivity index (χ4n) is 5.18. The summed E-state index contributed by atoms with van der Waals surface area (Å²) in [6.07, 6.45) is 6.03. The van der Waals surface area contributed by atoms with Gasteiger partial charge in [-0.05, 0) is 54.3 Å². The third kappa shape index (κ3) is 8.93. The Morgan fingerprint density at radius 3 is 2.14 bits per heavy atom. The maximum Gasteiger partial charge on any atom is 0.244 e. The average Bonchev–Trinajstić information content (AvgIpc) is 2.94. The highest BCUT2D eigenvalue weighted by molar-refractivity contribution is 7.92. The number of carbonyl (C=O) groups is 2. The van der Waals surface area contributed by atoms with E-state index >= 15 is 0 Å². The third-order valence-corrected chi connectivity index (χ3v) is 8.88. The number of anilines is 1. The Balaban J connectivity index is 1.73. The van der Waals surface area contributed by atoms with Gasteiger partial charge in [-0.3, -0.25) is 13.9 Å². The lowest BCUT2D eigenvalue weighted by Crippen LogP contribution is -2.55. The van der Waals surface area contributed by atoms with Gasteiger partial charge < -0.3 is 10.2 Å². The normalized spacial score (nSPS) is 14.7. The largest absolute Gasteiger partial charge is 0.352 e. The van der Waals surface area contributed by atoms with Crippen molar-refractivity contribution in [2.45, 2.75) is 57.2 Å². The molecule has 1 aliphatic rings. The summed E-state index contributed by atoms with van der Waals surface area (Å²) in [4.78, 5) is 29.4. The first-order chi connectivity index (χ1) is 20.0. The monoisotopic (exact) mass is 633 g/mol. The number of amides is 2. The maximum absolute atomic E-state index is 14.1. The van der Waals surface area contributed by atoms with E-state index in [0.717, 1.165) is 48.2 Å². The fraction of sp³-hybridized carbons (Fsp3) is 0.355. The van der Waals surface area contributed by atoms with Crippen LogP contribution >= 0.6 is 23.2 Å². The van der Waals surface area contributed by atoms with Crippen LogP contribution in [0, 0.1) is 5.82 Å². The molecule has 11 heteroatoms. The molecule has 0 bridgehead atoms. The Morgan fingerprint density at radius 2 is 1.55 bits per heavy atom. The number of hydrogen-bond donors (Lipinski definition) is 1. The van der Waals surface area contributed by atoms with Gasteiger partial charge in [-0.25, -0.2) is 12.8 Å². The number of nitrogens with zero attached hydrogens (tertiary/aromatic N) is 2. The molecule has 0 radical (unpaired) electrons. The van der Waals surface area contributed by atoms with E-state index in [1.54, 1.807) is 12.1 Å². The molecule has 2 amide bonds. The summed E-state index contributed by atoms with van der Waals surface area (Å²) in [5.41, 5.74) is 1.54. The van der Waals surface area contributed by atoms with E-state index in [0.29, 0.717) is 5.56 Å². The van der Waals surface area contributed by atoms with E-state index in [-0.39, 0.29) is 40.6 Å². The van der Waals surface area contributed by atoms with E-state index in [9.17, 15) is 22.4 Å². The van der Waals surface area contributed by atoms with Crippen molar-refractivity contribution in [1.29, 1.82) is 0 Å². The molecule has 7 nitrogen and oxygen atoms in total. The second-order valence-electron chi connectivity index (χ2n) is 10.6.